The zero-order chi connectivity index (χ0) is 23.5. The molecule has 0 saturated carbocycles. The molecule has 1 aliphatic rings. The number of aliphatic hydroxyl groups excluding tert-OH is 1. The molecule has 2 aromatic carbocycles. The molecule has 2 N–H and O–H groups in total. The van der Waals surface area contributed by atoms with Gasteiger partial charge in [-0.25, -0.2) is 22.5 Å². The van der Waals surface area contributed by atoms with Crippen LogP contribution in [-0.2, 0) is 12.8 Å². The number of pyridine rings is 1. The van der Waals surface area contributed by atoms with Crippen LogP contribution in [0.2, 0.25) is 0 Å². The number of carbonyl (C=O) groups excluding carboxylic acids is 1. The third-order valence-electron chi connectivity index (χ3n) is 5.49. The molecule has 4 rings (SSSR count). The van der Waals surface area contributed by atoms with E-state index >= 15 is 0 Å². The zero-order valence-electron chi connectivity index (χ0n) is 17.5. The van der Waals surface area contributed by atoms with Gasteiger partial charge in [0, 0.05) is 24.0 Å². The normalized spacial score (nSPS) is 13.7. The lowest BCUT2D eigenvalue weighted by Gasteiger charge is -2.19. The van der Waals surface area contributed by atoms with Crippen molar-refractivity contribution in [2.75, 3.05) is 24.6 Å². The minimum atomic E-state index is -1.53. The van der Waals surface area contributed by atoms with E-state index in [1.54, 1.807) is 30.5 Å². The van der Waals surface area contributed by atoms with Crippen molar-refractivity contribution < 1.29 is 27.5 Å². The second-order valence-electron chi connectivity index (χ2n) is 7.77. The molecule has 0 fully saturated rings. The number of carbonyl (C=O) groups is 1. The molecule has 0 radical (unpaired) electrons. The van der Waals surface area contributed by atoms with Gasteiger partial charge in [0.15, 0.2) is 17.5 Å². The highest BCUT2D eigenvalue weighted by molar-refractivity contribution is 5.98. The summed E-state index contributed by atoms with van der Waals surface area (Å²) in [6.45, 7) is -0.394. The SMILES string of the molecule is O=C(NC[C@@H](F)CO)c1cccc2c1CCN2c1cc(Cc2cc(F)c(F)c(F)c2)ccn1. The van der Waals surface area contributed by atoms with Crippen molar-refractivity contribution >= 4 is 17.4 Å². The maximum Gasteiger partial charge on any atom is 0.251 e. The minimum Gasteiger partial charge on any atom is -0.393 e. The van der Waals surface area contributed by atoms with Gasteiger partial charge in [0.25, 0.3) is 5.91 Å². The largest absolute Gasteiger partial charge is 0.393 e. The highest BCUT2D eigenvalue weighted by atomic mass is 19.2. The Morgan fingerprint density at radius 3 is 2.61 bits per heavy atom. The van der Waals surface area contributed by atoms with Crippen LogP contribution in [0.4, 0.5) is 29.1 Å². The third kappa shape index (κ3) is 4.83. The van der Waals surface area contributed by atoms with E-state index < -0.39 is 36.1 Å². The van der Waals surface area contributed by atoms with Gasteiger partial charge in [-0.2, -0.15) is 0 Å². The first-order chi connectivity index (χ1) is 15.9. The number of rotatable bonds is 7. The quantitative estimate of drug-likeness (QED) is 0.416. The predicted molar refractivity (Wildman–Crippen MR) is 115 cm³/mol. The Balaban J connectivity index is 1.56. The fraction of sp³-hybridized carbons (Fsp3) is 0.250. The molecule has 1 aliphatic heterocycles. The lowest BCUT2D eigenvalue weighted by Crippen LogP contribution is -2.32. The van der Waals surface area contributed by atoms with Crippen LogP contribution in [0.3, 0.4) is 0 Å². The Bertz CT molecular complexity index is 1170. The van der Waals surface area contributed by atoms with Gasteiger partial charge in [0.2, 0.25) is 0 Å². The average molecular weight is 459 g/mol. The van der Waals surface area contributed by atoms with Crippen molar-refractivity contribution in [2.24, 2.45) is 0 Å². The predicted octanol–water partition coefficient (Wildman–Crippen LogP) is 3.84. The number of nitrogens with zero attached hydrogens (tertiary/aromatic N) is 2. The van der Waals surface area contributed by atoms with Crippen LogP contribution >= 0.6 is 0 Å². The number of nitrogens with one attached hydrogen (secondary N) is 1. The van der Waals surface area contributed by atoms with Crippen molar-refractivity contribution in [1.29, 1.82) is 0 Å². The number of hydrogen-bond donors (Lipinski definition) is 2. The molecule has 5 nitrogen and oxygen atoms in total. The summed E-state index contributed by atoms with van der Waals surface area (Å²) in [6.07, 6.45) is 0.795. The van der Waals surface area contributed by atoms with E-state index in [1.165, 1.54) is 0 Å². The number of anilines is 2. The standard InChI is InChI=1S/C24H21F4N3O2/c25-16(13-32)12-30-24(33)18-2-1-3-21-17(18)5-7-31(21)22-11-14(4-6-29-22)8-15-9-19(26)23(28)20(27)10-15/h1-4,6,9-11,16,32H,5,7-8,12-13H2,(H,30,33)/t16-/m1/s1. The topological polar surface area (TPSA) is 65.5 Å². The zero-order valence-corrected chi connectivity index (χ0v) is 17.5. The fourth-order valence-corrected chi connectivity index (χ4v) is 3.91. The van der Waals surface area contributed by atoms with Crippen molar-refractivity contribution in [3.8, 4) is 0 Å². The molecule has 3 aromatic rings. The lowest BCUT2D eigenvalue weighted by molar-refractivity contribution is 0.0927. The van der Waals surface area contributed by atoms with Crippen molar-refractivity contribution in [3.05, 3.63) is 88.4 Å². The third-order valence-corrected chi connectivity index (χ3v) is 5.49. The molecule has 33 heavy (non-hydrogen) atoms. The number of halogens is 4. The van der Waals surface area contributed by atoms with Crippen LogP contribution in [0.25, 0.3) is 0 Å². The Morgan fingerprint density at radius 1 is 1.12 bits per heavy atom. The molecular formula is C24H21F4N3O2. The van der Waals surface area contributed by atoms with E-state index in [0.717, 1.165) is 28.9 Å². The van der Waals surface area contributed by atoms with Gasteiger partial charge in [-0.05, 0) is 65.9 Å². The van der Waals surface area contributed by atoms with Crippen LogP contribution in [0, 0.1) is 17.5 Å². The molecule has 172 valence electrons. The van der Waals surface area contributed by atoms with E-state index in [4.69, 9.17) is 5.11 Å². The maximum atomic E-state index is 13.6. The van der Waals surface area contributed by atoms with E-state index in [-0.39, 0.29) is 13.0 Å². The summed E-state index contributed by atoms with van der Waals surface area (Å²) in [5.74, 6) is -3.81. The fourth-order valence-electron chi connectivity index (χ4n) is 3.91. The molecule has 0 bridgehead atoms. The summed E-state index contributed by atoms with van der Waals surface area (Å²) >= 11 is 0. The van der Waals surface area contributed by atoms with Gasteiger partial charge in [-0.1, -0.05) is 6.07 Å². The number of alkyl halides is 1. The Kier molecular flexibility index (Phi) is 6.60. The molecular weight excluding hydrogens is 438 g/mol. The van der Waals surface area contributed by atoms with E-state index in [0.29, 0.717) is 29.9 Å². The molecule has 2 heterocycles. The first kappa shape index (κ1) is 22.7. The van der Waals surface area contributed by atoms with Crippen LogP contribution in [0.15, 0.2) is 48.7 Å². The van der Waals surface area contributed by atoms with Crippen LogP contribution < -0.4 is 10.2 Å². The van der Waals surface area contributed by atoms with Gasteiger partial charge >= 0.3 is 0 Å². The van der Waals surface area contributed by atoms with Gasteiger partial charge in [-0.15, -0.1) is 0 Å². The van der Waals surface area contributed by atoms with Crippen LogP contribution in [-0.4, -0.2) is 41.9 Å². The summed E-state index contributed by atoms with van der Waals surface area (Å²) in [5.41, 5.74) is 3.02. The molecule has 1 amide bonds. The Morgan fingerprint density at radius 2 is 1.88 bits per heavy atom. The van der Waals surface area contributed by atoms with Crippen molar-refractivity contribution in [1.82, 2.24) is 10.3 Å². The number of aromatic nitrogens is 1. The van der Waals surface area contributed by atoms with Crippen molar-refractivity contribution in [2.45, 2.75) is 19.0 Å². The monoisotopic (exact) mass is 459 g/mol. The molecule has 0 unspecified atom stereocenters. The molecule has 1 aromatic heterocycles. The van der Waals surface area contributed by atoms with Crippen molar-refractivity contribution in [3.63, 3.8) is 0 Å². The van der Waals surface area contributed by atoms with Crippen LogP contribution in [0.1, 0.15) is 27.0 Å². The minimum absolute atomic E-state index is 0.183. The summed E-state index contributed by atoms with van der Waals surface area (Å²) in [7, 11) is 0. The maximum absolute atomic E-state index is 13.6. The summed E-state index contributed by atoms with van der Waals surface area (Å²) in [4.78, 5) is 18.8. The second-order valence-corrected chi connectivity index (χ2v) is 7.77. The number of benzene rings is 2. The first-order valence-corrected chi connectivity index (χ1v) is 10.4. The Hall–Kier alpha value is -3.46. The summed E-state index contributed by atoms with van der Waals surface area (Å²) < 4.78 is 53.6. The number of amides is 1. The molecule has 0 spiro atoms. The Labute approximate surface area is 187 Å². The lowest BCUT2D eigenvalue weighted by atomic mass is 10.0. The molecule has 1 atom stereocenters. The molecule has 0 aliphatic carbocycles. The second kappa shape index (κ2) is 9.58. The van der Waals surface area contributed by atoms with E-state index in [1.807, 2.05) is 11.0 Å². The van der Waals surface area contributed by atoms with Gasteiger partial charge in [0.1, 0.15) is 12.0 Å². The summed E-state index contributed by atoms with van der Waals surface area (Å²) in [5, 5.41) is 11.3. The highest BCUT2D eigenvalue weighted by Crippen LogP contribution is 2.36. The summed E-state index contributed by atoms with van der Waals surface area (Å²) in [6, 6.07) is 10.6. The van der Waals surface area contributed by atoms with Gasteiger partial charge in [0.05, 0.1) is 13.2 Å². The number of aliphatic hydroxyl groups is 1. The highest BCUT2D eigenvalue weighted by Gasteiger charge is 2.26. The number of hydrogen-bond acceptors (Lipinski definition) is 4. The van der Waals surface area contributed by atoms with Gasteiger partial charge < -0.3 is 15.3 Å². The molecule has 9 heteroatoms. The first-order valence-electron chi connectivity index (χ1n) is 10.4. The van der Waals surface area contributed by atoms with Gasteiger partial charge in [-0.3, -0.25) is 4.79 Å². The van der Waals surface area contributed by atoms with Crippen LogP contribution in [0.5, 0.6) is 0 Å². The number of fused-ring (bicyclic) bond motifs is 1. The van der Waals surface area contributed by atoms with E-state index in [2.05, 4.69) is 10.3 Å². The smallest absolute Gasteiger partial charge is 0.251 e. The molecule has 0 saturated heterocycles. The average Bonchev–Trinajstić information content (AvgIpc) is 3.25. The van der Waals surface area contributed by atoms with E-state index in [9.17, 15) is 22.4 Å².